The largest absolute Gasteiger partial charge is 0.342 e. The van der Waals surface area contributed by atoms with Crippen molar-refractivity contribution >= 4 is 5.91 Å². The van der Waals surface area contributed by atoms with Crippen LogP contribution >= 0.6 is 0 Å². The van der Waals surface area contributed by atoms with Crippen LogP contribution in [0, 0.1) is 11.3 Å². The maximum atomic E-state index is 11.9. The molecule has 1 saturated carbocycles. The molecule has 2 aliphatic heterocycles. The Kier molecular flexibility index (Phi) is 1.84. The van der Waals surface area contributed by atoms with Crippen molar-refractivity contribution in [3.63, 3.8) is 0 Å². The molecule has 3 rings (SSSR count). The SMILES string of the molecule is O=C(CC1CNC1)N1CCC2(CC2)C1. The molecular formula is C11H18N2O. The second-order valence-corrected chi connectivity index (χ2v) is 5.29. The fourth-order valence-electron chi connectivity index (χ4n) is 2.60. The zero-order valence-corrected chi connectivity index (χ0v) is 8.59. The lowest BCUT2D eigenvalue weighted by Crippen LogP contribution is -2.45. The lowest BCUT2D eigenvalue weighted by atomic mass is 9.99. The second kappa shape index (κ2) is 2.96. The van der Waals surface area contributed by atoms with Crippen molar-refractivity contribution in [2.75, 3.05) is 26.2 Å². The Labute approximate surface area is 84.8 Å². The fraction of sp³-hybridized carbons (Fsp3) is 0.909. The molecule has 0 bridgehead atoms. The summed E-state index contributed by atoms with van der Waals surface area (Å²) in [5.74, 6) is 1.03. The monoisotopic (exact) mass is 194 g/mol. The third kappa shape index (κ3) is 1.44. The van der Waals surface area contributed by atoms with E-state index in [0.29, 0.717) is 17.2 Å². The van der Waals surface area contributed by atoms with Crippen LogP contribution in [0.3, 0.4) is 0 Å². The summed E-state index contributed by atoms with van der Waals surface area (Å²) in [6.45, 7) is 4.18. The molecule has 3 nitrogen and oxygen atoms in total. The summed E-state index contributed by atoms with van der Waals surface area (Å²) in [6.07, 6.45) is 4.77. The van der Waals surface area contributed by atoms with E-state index in [-0.39, 0.29) is 0 Å². The molecular weight excluding hydrogens is 176 g/mol. The number of hydrogen-bond acceptors (Lipinski definition) is 2. The topological polar surface area (TPSA) is 32.3 Å². The molecule has 0 aromatic carbocycles. The van der Waals surface area contributed by atoms with Crippen LogP contribution in [0.15, 0.2) is 0 Å². The van der Waals surface area contributed by atoms with E-state index < -0.39 is 0 Å². The minimum atomic E-state index is 0.403. The van der Waals surface area contributed by atoms with Crippen LogP contribution in [0.1, 0.15) is 25.7 Å². The summed E-state index contributed by atoms with van der Waals surface area (Å²) in [4.78, 5) is 14.0. The van der Waals surface area contributed by atoms with Crippen molar-refractivity contribution in [1.29, 1.82) is 0 Å². The van der Waals surface area contributed by atoms with Gasteiger partial charge in [-0.3, -0.25) is 4.79 Å². The highest BCUT2D eigenvalue weighted by molar-refractivity contribution is 5.77. The Morgan fingerprint density at radius 3 is 2.64 bits per heavy atom. The average Bonchev–Trinajstić information content (AvgIpc) is 2.69. The molecule has 1 aliphatic carbocycles. The molecule has 14 heavy (non-hydrogen) atoms. The van der Waals surface area contributed by atoms with Gasteiger partial charge < -0.3 is 10.2 Å². The molecule has 0 unspecified atom stereocenters. The highest BCUT2D eigenvalue weighted by atomic mass is 16.2. The third-order valence-corrected chi connectivity index (χ3v) is 4.08. The van der Waals surface area contributed by atoms with Gasteiger partial charge in [-0.2, -0.15) is 0 Å². The maximum absolute atomic E-state index is 11.9. The number of rotatable bonds is 2. The molecule has 0 aromatic heterocycles. The summed E-state index contributed by atoms with van der Waals surface area (Å²) in [5, 5.41) is 3.22. The smallest absolute Gasteiger partial charge is 0.222 e. The quantitative estimate of drug-likeness (QED) is 0.698. The second-order valence-electron chi connectivity index (χ2n) is 5.29. The van der Waals surface area contributed by atoms with Crippen LogP contribution in [0.25, 0.3) is 0 Å². The van der Waals surface area contributed by atoms with Crippen LogP contribution in [0.5, 0.6) is 0 Å². The van der Waals surface area contributed by atoms with Crippen molar-refractivity contribution in [2.24, 2.45) is 11.3 Å². The molecule has 3 aliphatic rings. The van der Waals surface area contributed by atoms with Crippen molar-refractivity contribution in [3.05, 3.63) is 0 Å². The predicted octanol–water partition coefficient (Wildman–Crippen LogP) is 0.608. The van der Waals surface area contributed by atoms with Crippen molar-refractivity contribution in [2.45, 2.75) is 25.7 Å². The van der Waals surface area contributed by atoms with Crippen LogP contribution in [0.4, 0.5) is 0 Å². The highest BCUT2D eigenvalue weighted by Gasteiger charge is 2.48. The van der Waals surface area contributed by atoms with E-state index >= 15 is 0 Å². The lowest BCUT2D eigenvalue weighted by Gasteiger charge is -2.28. The number of carbonyl (C=O) groups excluding carboxylic acids is 1. The van der Waals surface area contributed by atoms with Gasteiger partial charge in [0.15, 0.2) is 0 Å². The molecule has 0 atom stereocenters. The molecule has 1 N–H and O–H groups in total. The first-order valence-corrected chi connectivity index (χ1v) is 5.76. The van der Waals surface area contributed by atoms with Crippen LogP contribution in [0.2, 0.25) is 0 Å². The van der Waals surface area contributed by atoms with E-state index in [4.69, 9.17) is 0 Å². The van der Waals surface area contributed by atoms with Gasteiger partial charge in [0.05, 0.1) is 0 Å². The molecule has 1 amide bonds. The normalized spacial score (nSPS) is 29.3. The molecule has 78 valence electrons. The van der Waals surface area contributed by atoms with Crippen molar-refractivity contribution < 1.29 is 4.79 Å². The van der Waals surface area contributed by atoms with Crippen molar-refractivity contribution in [1.82, 2.24) is 10.2 Å². The fourth-order valence-corrected chi connectivity index (χ4v) is 2.60. The first-order valence-electron chi connectivity index (χ1n) is 5.76. The predicted molar refractivity (Wildman–Crippen MR) is 53.8 cm³/mol. The standard InChI is InChI=1S/C11H18N2O/c14-10(5-9-6-12-7-9)13-4-3-11(8-13)1-2-11/h9,12H,1-8H2. The summed E-state index contributed by atoms with van der Waals surface area (Å²) in [7, 11) is 0. The van der Waals surface area contributed by atoms with Gasteiger partial charge in [-0.1, -0.05) is 0 Å². The zero-order chi connectivity index (χ0) is 9.60. The number of nitrogens with one attached hydrogen (secondary N) is 1. The van der Waals surface area contributed by atoms with Gasteiger partial charge in [0.1, 0.15) is 0 Å². The molecule has 0 radical (unpaired) electrons. The third-order valence-electron chi connectivity index (χ3n) is 4.08. The van der Waals surface area contributed by atoms with Crippen LogP contribution in [-0.2, 0) is 4.79 Å². The van der Waals surface area contributed by atoms with E-state index in [1.807, 2.05) is 0 Å². The summed E-state index contributed by atoms with van der Waals surface area (Å²) in [6, 6.07) is 0. The lowest BCUT2D eigenvalue weighted by molar-refractivity contribution is -0.131. The molecule has 1 spiro atoms. The minimum Gasteiger partial charge on any atom is -0.342 e. The molecule has 2 saturated heterocycles. The molecule has 0 aromatic rings. The van der Waals surface area contributed by atoms with E-state index in [2.05, 4.69) is 10.2 Å². The maximum Gasteiger partial charge on any atom is 0.222 e. The van der Waals surface area contributed by atoms with Gasteiger partial charge in [-0.05, 0) is 43.7 Å². The Bertz CT molecular complexity index is 256. The van der Waals surface area contributed by atoms with Gasteiger partial charge in [-0.25, -0.2) is 0 Å². The van der Waals surface area contributed by atoms with Crippen molar-refractivity contribution in [3.8, 4) is 0 Å². The summed E-state index contributed by atoms with van der Waals surface area (Å²) in [5.41, 5.74) is 0.591. The molecule has 3 fully saturated rings. The number of carbonyl (C=O) groups is 1. The Morgan fingerprint density at radius 2 is 2.14 bits per heavy atom. The zero-order valence-electron chi connectivity index (χ0n) is 8.59. The Hall–Kier alpha value is -0.570. The van der Waals surface area contributed by atoms with Gasteiger partial charge in [0, 0.05) is 19.5 Å². The van der Waals surface area contributed by atoms with E-state index in [9.17, 15) is 4.79 Å². The Balaban J connectivity index is 1.52. The molecule has 3 heteroatoms. The van der Waals surface area contributed by atoms with Gasteiger partial charge in [0.2, 0.25) is 5.91 Å². The van der Waals surface area contributed by atoms with Crippen LogP contribution < -0.4 is 5.32 Å². The number of amides is 1. The first kappa shape index (κ1) is 8.72. The highest BCUT2D eigenvalue weighted by Crippen LogP contribution is 2.52. The van der Waals surface area contributed by atoms with Gasteiger partial charge >= 0.3 is 0 Å². The first-order chi connectivity index (χ1) is 6.77. The van der Waals surface area contributed by atoms with E-state index in [1.54, 1.807) is 0 Å². The summed E-state index contributed by atoms with van der Waals surface area (Å²) >= 11 is 0. The van der Waals surface area contributed by atoms with E-state index in [1.165, 1.54) is 19.3 Å². The number of likely N-dealkylation sites (tertiary alicyclic amines) is 1. The van der Waals surface area contributed by atoms with Gasteiger partial charge in [0.25, 0.3) is 0 Å². The van der Waals surface area contributed by atoms with Crippen LogP contribution in [-0.4, -0.2) is 37.0 Å². The number of nitrogens with zero attached hydrogens (tertiary/aromatic N) is 1. The average molecular weight is 194 g/mol. The van der Waals surface area contributed by atoms with Gasteiger partial charge in [-0.15, -0.1) is 0 Å². The minimum absolute atomic E-state index is 0.403. The summed E-state index contributed by atoms with van der Waals surface area (Å²) < 4.78 is 0. The van der Waals surface area contributed by atoms with E-state index in [0.717, 1.165) is 32.6 Å². The number of hydrogen-bond donors (Lipinski definition) is 1. The Morgan fingerprint density at radius 1 is 1.36 bits per heavy atom. The molecule has 2 heterocycles.